The van der Waals surface area contributed by atoms with Crippen LogP contribution in [-0.4, -0.2) is 49.5 Å². The summed E-state index contributed by atoms with van der Waals surface area (Å²) in [6, 6.07) is 3.73. The monoisotopic (exact) mass is 261 g/mol. The minimum Gasteiger partial charge on any atom is -0.378 e. The van der Waals surface area contributed by atoms with Gasteiger partial charge in [-0.2, -0.15) is 0 Å². The molecule has 2 aliphatic rings. The first-order chi connectivity index (χ1) is 9.24. The normalized spacial score (nSPS) is 20.2. The van der Waals surface area contributed by atoms with Crippen molar-refractivity contribution in [1.29, 1.82) is 0 Å². The largest absolute Gasteiger partial charge is 0.378 e. The number of rotatable bonds is 2. The molecule has 3 heterocycles. The van der Waals surface area contributed by atoms with Crippen LogP contribution in [0.3, 0.4) is 0 Å². The van der Waals surface area contributed by atoms with Crippen molar-refractivity contribution in [2.75, 3.05) is 42.6 Å². The summed E-state index contributed by atoms with van der Waals surface area (Å²) in [4.78, 5) is 30.9. The number of carbonyl (C=O) groups excluding carboxylic acids is 2. The molecule has 2 saturated heterocycles. The lowest BCUT2D eigenvalue weighted by molar-refractivity contribution is -0.121. The molecule has 0 spiro atoms. The van der Waals surface area contributed by atoms with Gasteiger partial charge in [-0.15, -0.1) is 0 Å². The van der Waals surface area contributed by atoms with Gasteiger partial charge < -0.3 is 14.5 Å². The molecular weight excluding hydrogens is 246 g/mol. The van der Waals surface area contributed by atoms with Crippen LogP contribution in [0.5, 0.6) is 0 Å². The van der Waals surface area contributed by atoms with Gasteiger partial charge >= 0.3 is 0 Å². The third kappa shape index (κ3) is 2.44. The van der Waals surface area contributed by atoms with Crippen molar-refractivity contribution in [3.8, 4) is 0 Å². The number of aromatic nitrogens is 1. The molecule has 100 valence electrons. The number of nitrogens with zero attached hydrogens (tertiary/aromatic N) is 3. The Morgan fingerprint density at radius 2 is 1.95 bits per heavy atom. The summed E-state index contributed by atoms with van der Waals surface area (Å²) in [5.41, 5.74) is 0.688. The fraction of sp³-hybridized carbons (Fsp3) is 0.462. The van der Waals surface area contributed by atoms with Gasteiger partial charge in [0.15, 0.2) is 5.78 Å². The summed E-state index contributed by atoms with van der Waals surface area (Å²) >= 11 is 0. The van der Waals surface area contributed by atoms with E-state index in [4.69, 9.17) is 4.74 Å². The van der Waals surface area contributed by atoms with Crippen LogP contribution < -0.4 is 9.80 Å². The molecule has 0 unspecified atom stereocenters. The minimum atomic E-state index is -0.147. The van der Waals surface area contributed by atoms with Crippen LogP contribution >= 0.6 is 0 Å². The summed E-state index contributed by atoms with van der Waals surface area (Å²) in [5.74, 6) is 0.693. The Hall–Kier alpha value is -1.95. The van der Waals surface area contributed by atoms with E-state index in [9.17, 15) is 9.59 Å². The van der Waals surface area contributed by atoms with Crippen molar-refractivity contribution in [3.63, 3.8) is 0 Å². The predicted molar refractivity (Wildman–Crippen MR) is 69.2 cm³/mol. The number of anilines is 2. The van der Waals surface area contributed by atoms with Crippen LogP contribution in [0.4, 0.5) is 11.5 Å². The number of hydrogen-bond acceptors (Lipinski definition) is 5. The average molecular weight is 261 g/mol. The van der Waals surface area contributed by atoms with Gasteiger partial charge in [0, 0.05) is 13.1 Å². The Balaban J connectivity index is 1.75. The summed E-state index contributed by atoms with van der Waals surface area (Å²) in [6.07, 6.45) is 1.66. The van der Waals surface area contributed by atoms with Crippen LogP contribution in [0.2, 0.25) is 0 Å². The first kappa shape index (κ1) is 12.1. The summed E-state index contributed by atoms with van der Waals surface area (Å²) in [7, 11) is 0. The van der Waals surface area contributed by atoms with Gasteiger partial charge in [0.05, 0.1) is 38.1 Å². The van der Waals surface area contributed by atoms with Gasteiger partial charge in [-0.1, -0.05) is 0 Å². The molecule has 3 rings (SSSR count). The van der Waals surface area contributed by atoms with Crippen LogP contribution in [-0.2, 0) is 14.3 Å². The number of Topliss-reactive ketones (excluding diaryl/α,β-unsaturated/α-hetero) is 1. The minimum absolute atomic E-state index is 0.00517. The molecule has 0 radical (unpaired) electrons. The van der Waals surface area contributed by atoms with Crippen LogP contribution in [0.1, 0.15) is 6.42 Å². The maximum absolute atomic E-state index is 11.6. The van der Waals surface area contributed by atoms with E-state index in [-0.39, 0.29) is 24.7 Å². The maximum Gasteiger partial charge on any atom is 0.234 e. The second kappa shape index (κ2) is 4.97. The Bertz CT molecular complexity index is 494. The van der Waals surface area contributed by atoms with E-state index >= 15 is 0 Å². The zero-order valence-electron chi connectivity index (χ0n) is 10.5. The number of hydrogen-bond donors (Lipinski definition) is 0. The van der Waals surface area contributed by atoms with Crippen molar-refractivity contribution in [2.24, 2.45) is 0 Å². The molecule has 0 atom stereocenters. The molecule has 1 amide bonds. The van der Waals surface area contributed by atoms with Crippen molar-refractivity contribution >= 4 is 23.2 Å². The second-order valence-corrected chi connectivity index (χ2v) is 4.67. The van der Waals surface area contributed by atoms with E-state index in [1.54, 1.807) is 6.20 Å². The number of ketones is 1. The molecule has 0 N–H and O–H groups in total. The maximum atomic E-state index is 11.6. The summed E-state index contributed by atoms with van der Waals surface area (Å²) < 4.78 is 5.29. The first-order valence-corrected chi connectivity index (χ1v) is 6.35. The molecule has 19 heavy (non-hydrogen) atoms. The highest BCUT2D eigenvalue weighted by Gasteiger charge is 2.28. The molecular formula is C13H15N3O3. The number of ether oxygens (including phenoxy) is 1. The van der Waals surface area contributed by atoms with Gasteiger partial charge in [-0.25, -0.2) is 4.98 Å². The standard InChI is InChI=1S/C13H15N3O3/c17-11-7-13(18)16(9-11)10-1-2-12(14-8-10)15-3-5-19-6-4-15/h1-2,8H,3-7,9H2. The zero-order valence-corrected chi connectivity index (χ0v) is 10.5. The third-order valence-corrected chi connectivity index (χ3v) is 3.36. The summed E-state index contributed by atoms with van der Waals surface area (Å²) in [5, 5.41) is 0. The highest BCUT2D eigenvalue weighted by Crippen LogP contribution is 2.21. The highest BCUT2D eigenvalue weighted by atomic mass is 16.5. The Morgan fingerprint density at radius 1 is 1.16 bits per heavy atom. The van der Waals surface area contributed by atoms with Crippen LogP contribution in [0, 0.1) is 0 Å². The number of carbonyl (C=O) groups is 2. The topological polar surface area (TPSA) is 62.7 Å². The average Bonchev–Trinajstić information content (AvgIpc) is 2.79. The van der Waals surface area contributed by atoms with E-state index in [1.165, 1.54) is 4.90 Å². The van der Waals surface area contributed by atoms with E-state index in [1.807, 2.05) is 12.1 Å². The van der Waals surface area contributed by atoms with Crippen molar-refractivity contribution in [3.05, 3.63) is 18.3 Å². The highest BCUT2D eigenvalue weighted by molar-refractivity contribution is 6.14. The molecule has 6 nitrogen and oxygen atoms in total. The lowest BCUT2D eigenvalue weighted by atomic mass is 10.3. The summed E-state index contributed by atoms with van der Waals surface area (Å²) in [6.45, 7) is 3.24. The fourth-order valence-corrected chi connectivity index (χ4v) is 2.34. The molecule has 0 aromatic carbocycles. The Labute approximate surface area is 111 Å². The lowest BCUT2D eigenvalue weighted by Crippen LogP contribution is -2.36. The molecule has 2 fully saturated rings. The van der Waals surface area contributed by atoms with E-state index < -0.39 is 0 Å². The molecule has 1 aromatic heterocycles. The van der Waals surface area contributed by atoms with Gasteiger partial charge in [-0.3, -0.25) is 9.59 Å². The molecule has 0 bridgehead atoms. The van der Waals surface area contributed by atoms with E-state index in [0.717, 1.165) is 18.9 Å². The van der Waals surface area contributed by atoms with Crippen LogP contribution in [0.15, 0.2) is 18.3 Å². The van der Waals surface area contributed by atoms with Gasteiger partial charge in [0.25, 0.3) is 0 Å². The predicted octanol–water partition coefficient (Wildman–Crippen LogP) is 0.224. The fourth-order valence-electron chi connectivity index (χ4n) is 2.34. The molecule has 2 aliphatic heterocycles. The molecule has 1 aromatic rings. The first-order valence-electron chi connectivity index (χ1n) is 6.35. The third-order valence-electron chi connectivity index (χ3n) is 3.36. The van der Waals surface area contributed by atoms with Gasteiger partial charge in [0.1, 0.15) is 5.82 Å². The SMILES string of the molecule is O=C1CC(=O)N(c2ccc(N3CCOCC3)nc2)C1. The zero-order chi connectivity index (χ0) is 13.2. The Kier molecular flexibility index (Phi) is 3.16. The molecule has 0 aliphatic carbocycles. The van der Waals surface area contributed by atoms with E-state index in [0.29, 0.717) is 18.9 Å². The van der Waals surface area contributed by atoms with Gasteiger partial charge in [0.2, 0.25) is 5.91 Å². The Morgan fingerprint density at radius 3 is 2.53 bits per heavy atom. The van der Waals surface area contributed by atoms with Crippen LogP contribution in [0.25, 0.3) is 0 Å². The van der Waals surface area contributed by atoms with E-state index in [2.05, 4.69) is 9.88 Å². The van der Waals surface area contributed by atoms with Crippen molar-refractivity contribution < 1.29 is 14.3 Å². The van der Waals surface area contributed by atoms with Crippen molar-refractivity contribution in [1.82, 2.24) is 4.98 Å². The van der Waals surface area contributed by atoms with Gasteiger partial charge in [-0.05, 0) is 12.1 Å². The number of pyridine rings is 1. The number of morpholine rings is 1. The number of amides is 1. The second-order valence-electron chi connectivity index (χ2n) is 4.67. The van der Waals surface area contributed by atoms with Crippen molar-refractivity contribution in [2.45, 2.75) is 6.42 Å². The molecule has 6 heteroatoms. The lowest BCUT2D eigenvalue weighted by Gasteiger charge is -2.28. The molecule has 0 saturated carbocycles. The quantitative estimate of drug-likeness (QED) is 0.713. The smallest absolute Gasteiger partial charge is 0.234 e.